The molecule has 0 aliphatic carbocycles. The lowest BCUT2D eigenvalue weighted by Gasteiger charge is -2.29. The Balaban J connectivity index is 2.22. The van der Waals surface area contributed by atoms with Crippen LogP contribution in [0.4, 0.5) is 0 Å². The number of aryl methyl sites for hydroxylation is 1. The van der Waals surface area contributed by atoms with Gasteiger partial charge in [-0.05, 0) is 49.8 Å². The molecular formula is C19H24N2O2. The number of phenols is 1. The lowest BCUT2D eigenvalue weighted by Crippen LogP contribution is -2.38. The zero-order chi connectivity index (χ0) is 17.0. The van der Waals surface area contributed by atoms with E-state index in [1.807, 2.05) is 56.3 Å². The monoisotopic (exact) mass is 312 g/mol. The van der Waals surface area contributed by atoms with Crippen molar-refractivity contribution < 1.29 is 9.90 Å². The summed E-state index contributed by atoms with van der Waals surface area (Å²) in [4.78, 5) is 16.6. The van der Waals surface area contributed by atoms with Gasteiger partial charge in [0.25, 0.3) is 0 Å². The average molecular weight is 312 g/mol. The van der Waals surface area contributed by atoms with Crippen LogP contribution < -0.4 is 0 Å². The van der Waals surface area contributed by atoms with Crippen LogP contribution in [0, 0.1) is 6.92 Å². The van der Waals surface area contributed by atoms with Gasteiger partial charge < -0.3 is 10.0 Å². The Bertz CT molecular complexity index is 683. The second kappa shape index (κ2) is 7.29. The summed E-state index contributed by atoms with van der Waals surface area (Å²) in [5, 5.41) is 9.56. The fraction of sp³-hybridized carbons (Fsp3) is 0.316. The van der Waals surface area contributed by atoms with Crippen molar-refractivity contribution in [3.63, 3.8) is 0 Å². The molecule has 0 bridgehead atoms. The molecule has 1 atom stereocenters. The topological polar surface area (TPSA) is 43.8 Å². The first-order valence-corrected chi connectivity index (χ1v) is 7.65. The van der Waals surface area contributed by atoms with E-state index in [1.165, 1.54) is 0 Å². The highest BCUT2D eigenvalue weighted by Gasteiger charge is 2.27. The summed E-state index contributed by atoms with van der Waals surface area (Å²) in [6.45, 7) is 2.48. The summed E-state index contributed by atoms with van der Waals surface area (Å²) < 4.78 is 0. The SMILES string of the molecule is Cc1ccccc1C(C(=O)N(C)Cc1cccc(O)c1)N(C)C. The molecule has 1 unspecified atom stereocenters. The molecule has 0 saturated heterocycles. The maximum atomic E-state index is 12.9. The molecule has 2 aromatic rings. The van der Waals surface area contributed by atoms with Gasteiger partial charge in [0.05, 0.1) is 0 Å². The molecule has 2 aromatic carbocycles. The number of carbonyl (C=O) groups is 1. The van der Waals surface area contributed by atoms with Gasteiger partial charge in [0.15, 0.2) is 0 Å². The van der Waals surface area contributed by atoms with Gasteiger partial charge in [-0.1, -0.05) is 36.4 Å². The number of hydrogen-bond acceptors (Lipinski definition) is 3. The van der Waals surface area contributed by atoms with E-state index < -0.39 is 0 Å². The van der Waals surface area contributed by atoms with Gasteiger partial charge in [0.1, 0.15) is 11.8 Å². The molecule has 1 amide bonds. The summed E-state index contributed by atoms with van der Waals surface area (Å²) >= 11 is 0. The van der Waals surface area contributed by atoms with E-state index in [9.17, 15) is 9.90 Å². The number of hydrogen-bond donors (Lipinski definition) is 1. The van der Waals surface area contributed by atoms with Crippen LogP contribution >= 0.6 is 0 Å². The molecule has 0 radical (unpaired) electrons. The van der Waals surface area contributed by atoms with E-state index in [0.29, 0.717) is 6.54 Å². The number of phenolic OH excluding ortho intramolecular Hbond substituents is 1. The number of amides is 1. The van der Waals surface area contributed by atoms with Gasteiger partial charge >= 0.3 is 0 Å². The number of nitrogens with zero attached hydrogens (tertiary/aromatic N) is 2. The van der Waals surface area contributed by atoms with E-state index in [-0.39, 0.29) is 17.7 Å². The fourth-order valence-corrected chi connectivity index (χ4v) is 2.74. The average Bonchev–Trinajstić information content (AvgIpc) is 2.49. The van der Waals surface area contributed by atoms with Gasteiger partial charge in [-0.15, -0.1) is 0 Å². The molecule has 0 aliphatic rings. The highest BCUT2D eigenvalue weighted by atomic mass is 16.3. The molecule has 4 heteroatoms. The standard InChI is InChI=1S/C19H24N2O2/c1-14-8-5-6-11-17(14)18(20(2)3)19(23)21(4)13-15-9-7-10-16(22)12-15/h5-12,18,22H,13H2,1-4H3. The normalized spacial score (nSPS) is 12.2. The lowest BCUT2D eigenvalue weighted by molar-refractivity contribution is -0.135. The maximum absolute atomic E-state index is 12.9. The summed E-state index contributed by atoms with van der Waals surface area (Å²) in [6.07, 6.45) is 0. The highest BCUT2D eigenvalue weighted by molar-refractivity contribution is 5.83. The molecule has 0 spiro atoms. The Morgan fingerprint density at radius 3 is 2.39 bits per heavy atom. The van der Waals surface area contributed by atoms with E-state index >= 15 is 0 Å². The van der Waals surface area contributed by atoms with Gasteiger partial charge in [0.2, 0.25) is 5.91 Å². The van der Waals surface area contributed by atoms with Crippen LogP contribution in [0.15, 0.2) is 48.5 Å². The van der Waals surface area contributed by atoms with Crippen LogP contribution in [-0.2, 0) is 11.3 Å². The highest BCUT2D eigenvalue weighted by Crippen LogP contribution is 2.24. The molecule has 122 valence electrons. The zero-order valence-electron chi connectivity index (χ0n) is 14.2. The molecule has 0 heterocycles. The molecule has 0 saturated carbocycles. The predicted octanol–water partition coefficient (Wildman–Crippen LogP) is 2.96. The third kappa shape index (κ3) is 4.11. The Labute approximate surface area is 138 Å². The first-order valence-electron chi connectivity index (χ1n) is 7.65. The fourth-order valence-electron chi connectivity index (χ4n) is 2.74. The number of benzene rings is 2. The molecule has 4 nitrogen and oxygen atoms in total. The molecule has 0 aromatic heterocycles. The second-order valence-corrected chi connectivity index (χ2v) is 6.09. The second-order valence-electron chi connectivity index (χ2n) is 6.09. The van der Waals surface area contributed by atoms with Gasteiger partial charge in [-0.25, -0.2) is 0 Å². The minimum atomic E-state index is -0.321. The van der Waals surface area contributed by atoms with Crippen molar-refractivity contribution in [3.05, 3.63) is 65.2 Å². The van der Waals surface area contributed by atoms with Crippen molar-refractivity contribution in [2.24, 2.45) is 0 Å². The third-order valence-electron chi connectivity index (χ3n) is 3.94. The number of rotatable bonds is 5. The number of likely N-dealkylation sites (N-methyl/N-ethyl adjacent to an activating group) is 2. The first-order chi connectivity index (χ1) is 10.9. The van der Waals surface area contributed by atoms with Gasteiger partial charge in [-0.2, -0.15) is 0 Å². The molecule has 0 aliphatic heterocycles. The van der Waals surface area contributed by atoms with Crippen LogP contribution in [-0.4, -0.2) is 42.0 Å². The Morgan fingerprint density at radius 1 is 1.09 bits per heavy atom. The van der Waals surface area contributed by atoms with Crippen LogP contribution in [0.5, 0.6) is 5.75 Å². The van der Waals surface area contributed by atoms with Crippen molar-refractivity contribution in [2.45, 2.75) is 19.5 Å². The summed E-state index contributed by atoms with van der Waals surface area (Å²) in [5.41, 5.74) is 3.03. The number of aromatic hydroxyl groups is 1. The van der Waals surface area contributed by atoms with Crippen molar-refractivity contribution in [1.82, 2.24) is 9.80 Å². The molecule has 0 fully saturated rings. The minimum Gasteiger partial charge on any atom is -0.508 e. The summed E-state index contributed by atoms with van der Waals surface area (Å²) in [5.74, 6) is 0.249. The largest absolute Gasteiger partial charge is 0.508 e. The van der Waals surface area contributed by atoms with Gasteiger partial charge in [0, 0.05) is 13.6 Å². The lowest BCUT2D eigenvalue weighted by atomic mass is 9.99. The van der Waals surface area contributed by atoms with Crippen LogP contribution in [0.3, 0.4) is 0 Å². The maximum Gasteiger partial charge on any atom is 0.244 e. The smallest absolute Gasteiger partial charge is 0.244 e. The number of carbonyl (C=O) groups excluding carboxylic acids is 1. The third-order valence-corrected chi connectivity index (χ3v) is 3.94. The molecule has 2 rings (SSSR count). The van der Waals surface area contributed by atoms with E-state index in [1.54, 1.807) is 30.1 Å². The summed E-state index contributed by atoms with van der Waals surface area (Å²) in [6, 6.07) is 14.6. The molecule has 1 N–H and O–H groups in total. The van der Waals surface area contributed by atoms with Gasteiger partial charge in [-0.3, -0.25) is 9.69 Å². The first kappa shape index (κ1) is 17.0. The summed E-state index contributed by atoms with van der Waals surface area (Å²) in [7, 11) is 5.62. The van der Waals surface area contributed by atoms with Crippen molar-refractivity contribution in [2.75, 3.05) is 21.1 Å². The molecular weight excluding hydrogens is 288 g/mol. The quantitative estimate of drug-likeness (QED) is 0.923. The van der Waals surface area contributed by atoms with E-state index in [2.05, 4.69) is 0 Å². The zero-order valence-corrected chi connectivity index (χ0v) is 14.2. The predicted molar refractivity (Wildman–Crippen MR) is 92.2 cm³/mol. The Kier molecular flexibility index (Phi) is 5.40. The molecule has 23 heavy (non-hydrogen) atoms. The van der Waals surface area contributed by atoms with Crippen molar-refractivity contribution in [3.8, 4) is 5.75 Å². The van der Waals surface area contributed by atoms with Crippen LogP contribution in [0.1, 0.15) is 22.7 Å². The van der Waals surface area contributed by atoms with Crippen LogP contribution in [0.2, 0.25) is 0 Å². The van der Waals surface area contributed by atoms with Crippen molar-refractivity contribution >= 4 is 5.91 Å². The Hall–Kier alpha value is -2.33. The van der Waals surface area contributed by atoms with E-state index in [4.69, 9.17) is 0 Å². The Morgan fingerprint density at radius 2 is 1.78 bits per heavy atom. The van der Waals surface area contributed by atoms with Crippen molar-refractivity contribution in [1.29, 1.82) is 0 Å². The minimum absolute atomic E-state index is 0.0349. The van der Waals surface area contributed by atoms with Crippen LogP contribution in [0.25, 0.3) is 0 Å². The van der Waals surface area contributed by atoms with E-state index in [0.717, 1.165) is 16.7 Å².